The molecule has 0 aromatic heterocycles. The van der Waals surface area contributed by atoms with Gasteiger partial charge in [-0.2, -0.15) is 11.8 Å². The van der Waals surface area contributed by atoms with E-state index in [-0.39, 0.29) is 17.7 Å². The smallest absolute Gasteiger partial charge is 0.406 e. The first-order valence-corrected chi connectivity index (χ1v) is 10.1. The minimum absolute atomic E-state index is 0.0780. The van der Waals surface area contributed by atoms with E-state index in [9.17, 15) is 18.0 Å². The van der Waals surface area contributed by atoms with Gasteiger partial charge in [0.1, 0.15) is 5.75 Å². The summed E-state index contributed by atoms with van der Waals surface area (Å²) in [5, 5.41) is 0. The molecule has 0 saturated carbocycles. The van der Waals surface area contributed by atoms with Crippen LogP contribution >= 0.6 is 11.8 Å². The van der Waals surface area contributed by atoms with Crippen LogP contribution in [0.1, 0.15) is 16.8 Å². The molecule has 1 aromatic rings. The molecule has 0 bridgehead atoms. The standard InChI is InChI=1S/C18H23F3N2O3S/c19-18(20,21)26-16-4-2-14(3-5-16)17(24)23-6-1-11-27-13-15(23)12-22-7-9-25-10-8-22/h2-5,15H,1,6-13H2/t15-/m1/s1. The predicted octanol–water partition coefficient (Wildman–Crippen LogP) is 2.87. The summed E-state index contributed by atoms with van der Waals surface area (Å²) in [5.41, 5.74) is 0.378. The number of hydrogen-bond donors (Lipinski definition) is 0. The van der Waals surface area contributed by atoms with E-state index in [1.54, 1.807) is 0 Å². The van der Waals surface area contributed by atoms with Gasteiger partial charge in [-0.15, -0.1) is 13.2 Å². The van der Waals surface area contributed by atoms with Crippen LogP contribution < -0.4 is 4.74 Å². The van der Waals surface area contributed by atoms with Crippen LogP contribution in [0.5, 0.6) is 5.75 Å². The molecule has 9 heteroatoms. The van der Waals surface area contributed by atoms with Gasteiger partial charge in [0.2, 0.25) is 0 Å². The molecule has 0 unspecified atom stereocenters. The van der Waals surface area contributed by atoms with E-state index in [0.29, 0.717) is 25.3 Å². The number of carbonyl (C=O) groups is 1. The van der Waals surface area contributed by atoms with Crippen molar-refractivity contribution in [2.45, 2.75) is 18.8 Å². The molecule has 0 radical (unpaired) electrons. The molecular weight excluding hydrogens is 381 g/mol. The second-order valence-electron chi connectivity index (χ2n) is 6.57. The fraction of sp³-hybridized carbons (Fsp3) is 0.611. The Balaban J connectivity index is 1.69. The van der Waals surface area contributed by atoms with E-state index in [4.69, 9.17) is 4.74 Å². The summed E-state index contributed by atoms with van der Waals surface area (Å²) in [4.78, 5) is 17.2. The Morgan fingerprint density at radius 1 is 1.19 bits per heavy atom. The minimum atomic E-state index is -4.74. The lowest BCUT2D eigenvalue weighted by atomic mass is 10.1. The van der Waals surface area contributed by atoms with Crippen molar-refractivity contribution < 1.29 is 27.4 Å². The van der Waals surface area contributed by atoms with Crippen molar-refractivity contribution in [3.63, 3.8) is 0 Å². The molecule has 0 aliphatic carbocycles. The molecule has 1 aromatic carbocycles. The van der Waals surface area contributed by atoms with Crippen molar-refractivity contribution in [3.05, 3.63) is 29.8 Å². The Morgan fingerprint density at radius 3 is 2.56 bits per heavy atom. The maximum absolute atomic E-state index is 13.0. The van der Waals surface area contributed by atoms with Crippen LogP contribution in [0.2, 0.25) is 0 Å². The highest BCUT2D eigenvalue weighted by atomic mass is 32.2. The van der Waals surface area contributed by atoms with E-state index in [0.717, 1.165) is 37.6 Å². The summed E-state index contributed by atoms with van der Waals surface area (Å²) in [6, 6.07) is 5.24. The highest BCUT2D eigenvalue weighted by molar-refractivity contribution is 7.99. The summed E-state index contributed by atoms with van der Waals surface area (Å²) in [5.74, 6) is 1.39. The Morgan fingerprint density at radius 2 is 1.89 bits per heavy atom. The molecule has 2 saturated heterocycles. The first kappa shape index (κ1) is 20.3. The topological polar surface area (TPSA) is 42.0 Å². The number of thioether (sulfide) groups is 1. The minimum Gasteiger partial charge on any atom is -0.406 e. The zero-order valence-electron chi connectivity index (χ0n) is 14.9. The molecule has 0 spiro atoms. The molecule has 150 valence electrons. The number of nitrogens with zero attached hydrogens (tertiary/aromatic N) is 2. The number of alkyl halides is 3. The monoisotopic (exact) mass is 404 g/mol. The van der Waals surface area contributed by atoms with E-state index < -0.39 is 6.36 Å². The first-order valence-electron chi connectivity index (χ1n) is 8.97. The lowest BCUT2D eigenvalue weighted by Crippen LogP contribution is -2.50. The predicted molar refractivity (Wildman–Crippen MR) is 97.2 cm³/mol. The van der Waals surface area contributed by atoms with Crippen LogP contribution in [-0.2, 0) is 4.74 Å². The Labute approximate surface area is 160 Å². The van der Waals surface area contributed by atoms with Gasteiger partial charge in [-0.05, 0) is 36.4 Å². The van der Waals surface area contributed by atoms with Crippen LogP contribution in [0.4, 0.5) is 13.2 Å². The van der Waals surface area contributed by atoms with E-state index in [1.165, 1.54) is 24.3 Å². The van der Waals surface area contributed by atoms with Gasteiger partial charge in [0.25, 0.3) is 5.91 Å². The van der Waals surface area contributed by atoms with Crippen molar-refractivity contribution in [2.24, 2.45) is 0 Å². The van der Waals surface area contributed by atoms with Crippen molar-refractivity contribution in [3.8, 4) is 5.75 Å². The third-order valence-electron chi connectivity index (χ3n) is 4.61. The highest BCUT2D eigenvalue weighted by Crippen LogP contribution is 2.24. The lowest BCUT2D eigenvalue weighted by molar-refractivity contribution is -0.274. The van der Waals surface area contributed by atoms with Crippen LogP contribution in [0.25, 0.3) is 0 Å². The molecule has 2 aliphatic rings. The molecule has 2 fully saturated rings. The number of amides is 1. The van der Waals surface area contributed by atoms with Crippen LogP contribution in [0.3, 0.4) is 0 Å². The Bertz CT molecular complexity index is 621. The fourth-order valence-corrected chi connectivity index (χ4v) is 4.35. The van der Waals surface area contributed by atoms with Crippen molar-refractivity contribution in [1.29, 1.82) is 0 Å². The Kier molecular flexibility index (Phi) is 6.88. The second kappa shape index (κ2) is 9.16. The van der Waals surface area contributed by atoms with E-state index in [1.807, 2.05) is 16.7 Å². The van der Waals surface area contributed by atoms with Crippen LogP contribution in [0, 0.1) is 0 Å². The fourth-order valence-electron chi connectivity index (χ4n) is 3.29. The molecule has 1 atom stereocenters. The number of morpholine rings is 1. The zero-order valence-corrected chi connectivity index (χ0v) is 15.7. The number of ether oxygens (including phenoxy) is 2. The average Bonchev–Trinajstić information content (AvgIpc) is 2.87. The highest BCUT2D eigenvalue weighted by Gasteiger charge is 2.32. The quantitative estimate of drug-likeness (QED) is 0.772. The lowest BCUT2D eigenvalue weighted by Gasteiger charge is -2.35. The average molecular weight is 404 g/mol. The van der Waals surface area contributed by atoms with Crippen LogP contribution in [0.15, 0.2) is 24.3 Å². The molecule has 5 nitrogen and oxygen atoms in total. The van der Waals surface area contributed by atoms with Gasteiger partial charge in [0, 0.05) is 37.5 Å². The van der Waals surface area contributed by atoms with Gasteiger partial charge in [0.15, 0.2) is 0 Å². The van der Waals surface area contributed by atoms with Gasteiger partial charge in [-0.3, -0.25) is 9.69 Å². The third kappa shape index (κ3) is 6.02. The number of rotatable bonds is 4. The summed E-state index contributed by atoms with van der Waals surface area (Å²) in [7, 11) is 0. The molecule has 0 N–H and O–H groups in total. The van der Waals surface area contributed by atoms with Crippen LogP contribution in [-0.4, -0.2) is 79.0 Å². The number of carbonyl (C=O) groups excluding carboxylic acids is 1. The summed E-state index contributed by atoms with van der Waals surface area (Å²) >= 11 is 1.84. The molecule has 2 aliphatic heterocycles. The van der Waals surface area contributed by atoms with Gasteiger partial charge >= 0.3 is 6.36 Å². The maximum Gasteiger partial charge on any atom is 0.573 e. The summed E-state index contributed by atoms with van der Waals surface area (Å²) in [6.45, 7) is 4.56. The van der Waals surface area contributed by atoms with Gasteiger partial charge < -0.3 is 14.4 Å². The normalized spacial score (nSPS) is 22.3. The molecule has 27 heavy (non-hydrogen) atoms. The molecular formula is C18H23F3N2O3S. The van der Waals surface area contributed by atoms with Crippen molar-refractivity contribution >= 4 is 17.7 Å². The van der Waals surface area contributed by atoms with E-state index >= 15 is 0 Å². The van der Waals surface area contributed by atoms with Gasteiger partial charge in [-0.1, -0.05) is 0 Å². The number of halogens is 3. The molecule has 1 amide bonds. The maximum atomic E-state index is 13.0. The molecule has 2 heterocycles. The van der Waals surface area contributed by atoms with Gasteiger partial charge in [0.05, 0.1) is 19.3 Å². The third-order valence-corrected chi connectivity index (χ3v) is 5.80. The van der Waals surface area contributed by atoms with E-state index in [2.05, 4.69) is 9.64 Å². The number of hydrogen-bond acceptors (Lipinski definition) is 5. The summed E-state index contributed by atoms with van der Waals surface area (Å²) < 4.78 is 46.2. The first-order chi connectivity index (χ1) is 12.9. The van der Waals surface area contributed by atoms with Crippen molar-refractivity contribution in [1.82, 2.24) is 9.80 Å². The zero-order chi connectivity index (χ0) is 19.3. The SMILES string of the molecule is O=C(c1ccc(OC(F)(F)F)cc1)N1CCCSC[C@H]1CN1CCOCC1. The van der Waals surface area contributed by atoms with Gasteiger partial charge in [-0.25, -0.2) is 0 Å². The van der Waals surface area contributed by atoms with Crippen molar-refractivity contribution in [2.75, 3.05) is 50.9 Å². The number of benzene rings is 1. The second-order valence-corrected chi connectivity index (χ2v) is 7.72. The summed E-state index contributed by atoms with van der Waals surface area (Å²) in [6.07, 6.45) is -3.83. The Hall–Kier alpha value is -1.45. The largest absolute Gasteiger partial charge is 0.573 e. The molecule has 3 rings (SSSR count).